The molecule has 0 saturated carbocycles. The standard InChI is InChI=1S/C13H28N2O2/c1-5-7-9-15(6-2)10-8-12(13(16)17)14-11(3)4/h11-12,14H,5-10H2,1-4H3,(H,16,17). The maximum atomic E-state index is 11.1. The van der Waals surface area contributed by atoms with E-state index in [1.807, 2.05) is 13.8 Å². The molecule has 1 unspecified atom stereocenters. The molecule has 0 amide bonds. The summed E-state index contributed by atoms with van der Waals surface area (Å²) in [6.07, 6.45) is 3.04. The second-order valence-electron chi connectivity index (χ2n) is 4.79. The third-order valence-electron chi connectivity index (χ3n) is 2.84. The van der Waals surface area contributed by atoms with Crippen LogP contribution in [0.4, 0.5) is 0 Å². The van der Waals surface area contributed by atoms with E-state index in [1.54, 1.807) is 0 Å². The van der Waals surface area contributed by atoms with Gasteiger partial charge in [0.2, 0.25) is 0 Å². The lowest BCUT2D eigenvalue weighted by molar-refractivity contribution is -0.140. The Morgan fingerprint density at radius 3 is 2.35 bits per heavy atom. The van der Waals surface area contributed by atoms with Crippen molar-refractivity contribution in [1.29, 1.82) is 0 Å². The van der Waals surface area contributed by atoms with E-state index < -0.39 is 12.0 Å². The highest BCUT2D eigenvalue weighted by Gasteiger charge is 2.18. The number of unbranched alkanes of at least 4 members (excludes halogenated alkanes) is 1. The average molecular weight is 244 g/mol. The molecule has 0 fully saturated rings. The Balaban J connectivity index is 4.03. The largest absolute Gasteiger partial charge is 0.480 e. The average Bonchev–Trinajstić information content (AvgIpc) is 2.26. The molecule has 0 heterocycles. The van der Waals surface area contributed by atoms with Gasteiger partial charge in [-0.25, -0.2) is 0 Å². The van der Waals surface area contributed by atoms with Gasteiger partial charge in [0.05, 0.1) is 0 Å². The molecule has 0 aromatic heterocycles. The SMILES string of the molecule is CCCCN(CC)CCC(NC(C)C)C(=O)O. The highest BCUT2D eigenvalue weighted by molar-refractivity contribution is 5.73. The predicted molar refractivity (Wildman–Crippen MR) is 71.3 cm³/mol. The van der Waals surface area contributed by atoms with Crippen LogP contribution in [0.1, 0.15) is 47.0 Å². The van der Waals surface area contributed by atoms with E-state index in [4.69, 9.17) is 5.11 Å². The van der Waals surface area contributed by atoms with Crippen molar-refractivity contribution >= 4 is 5.97 Å². The second-order valence-corrected chi connectivity index (χ2v) is 4.79. The molecule has 0 aliphatic rings. The number of hydrogen-bond acceptors (Lipinski definition) is 3. The highest BCUT2D eigenvalue weighted by atomic mass is 16.4. The Kier molecular flexibility index (Phi) is 9.09. The van der Waals surface area contributed by atoms with Crippen molar-refractivity contribution in [3.63, 3.8) is 0 Å². The van der Waals surface area contributed by atoms with Gasteiger partial charge < -0.3 is 15.3 Å². The van der Waals surface area contributed by atoms with Crippen molar-refractivity contribution in [1.82, 2.24) is 10.2 Å². The van der Waals surface area contributed by atoms with Crippen molar-refractivity contribution in [2.24, 2.45) is 0 Å². The molecule has 17 heavy (non-hydrogen) atoms. The maximum absolute atomic E-state index is 11.1. The van der Waals surface area contributed by atoms with Gasteiger partial charge >= 0.3 is 5.97 Å². The Bertz CT molecular complexity index is 208. The fraction of sp³-hybridized carbons (Fsp3) is 0.923. The van der Waals surface area contributed by atoms with Gasteiger partial charge in [-0.3, -0.25) is 4.79 Å². The lowest BCUT2D eigenvalue weighted by Crippen LogP contribution is -2.43. The molecule has 0 bridgehead atoms. The molecule has 0 aromatic rings. The van der Waals surface area contributed by atoms with Gasteiger partial charge in [0.1, 0.15) is 6.04 Å². The molecule has 0 aromatic carbocycles. The minimum absolute atomic E-state index is 0.210. The fourth-order valence-corrected chi connectivity index (χ4v) is 1.80. The second kappa shape index (κ2) is 9.42. The van der Waals surface area contributed by atoms with Gasteiger partial charge in [0.15, 0.2) is 0 Å². The summed E-state index contributed by atoms with van der Waals surface area (Å²) in [4.78, 5) is 13.4. The molecule has 0 rings (SSSR count). The van der Waals surface area contributed by atoms with Crippen LogP contribution in [0, 0.1) is 0 Å². The summed E-state index contributed by atoms with van der Waals surface area (Å²) in [7, 11) is 0. The van der Waals surface area contributed by atoms with Crippen LogP contribution in [0.5, 0.6) is 0 Å². The van der Waals surface area contributed by atoms with E-state index in [0.29, 0.717) is 6.42 Å². The van der Waals surface area contributed by atoms with Gasteiger partial charge in [0, 0.05) is 12.6 Å². The normalized spacial score (nSPS) is 13.3. The Labute approximate surface area is 105 Å². The van der Waals surface area contributed by atoms with Gasteiger partial charge in [-0.05, 0) is 25.9 Å². The predicted octanol–water partition coefficient (Wildman–Crippen LogP) is 1.95. The number of carbonyl (C=O) groups is 1. The van der Waals surface area contributed by atoms with E-state index in [-0.39, 0.29) is 6.04 Å². The van der Waals surface area contributed by atoms with Crippen molar-refractivity contribution in [3.8, 4) is 0 Å². The summed E-state index contributed by atoms with van der Waals surface area (Å²) in [5, 5.41) is 12.2. The number of rotatable bonds is 10. The smallest absolute Gasteiger partial charge is 0.320 e. The summed E-state index contributed by atoms with van der Waals surface area (Å²) < 4.78 is 0. The topological polar surface area (TPSA) is 52.6 Å². The van der Waals surface area contributed by atoms with Gasteiger partial charge in [-0.1, -0.05) is 34.1 Å². The Morgan fingerprint density at radius 1 is 1.29 bits per heavy atom. The van der Waals surface area contributed by atoms with E-state index in [9.17, 15) is 4.79 Å². The first kappa shape index (κ1) is 16.4. The molecule has 0 saturated heterocycles. The fourth-order valence-electron chi connectivity index (χ4n) is 1.80. The van der Waals surface area contributed by atoms with Crippen molar-refractivity contribution < 1.29 is 9.90 Å². The van der Waals surface area contributed by atoms with Gasteiger partial charge in [0.25, 0.3) is 0 Å². The van der Waals surface area contributed by atoms with Crippen LogP contribution in [-0.2, 0) is 4.79 Å². The molecule has 2 N–H and O–H groups in total. The van der Waals surface area contributed by atoms with Crippen LogP contribution in [0.3, 0.4) is 0 Å². The monoisotopic (exact) mass is 244 g/mol. The van der Waals surface area contributed by atoms with Crippen LogP contribution in [0.25, 0.3) is 0 Å². The lowest BCUT2D eigenvalue weighted by atomic mass is 10.1. The molecule has 102 valence electrons. The number of aliphatic carboxylic acids is 1. The van der Waals surface area contributed by atoms with Crippen LogP contribution in [0.2, 0.25) is 0 Å². The highest BCUT2D eigenvalue weighted by Crippen LogP contribution is 2.01. The first-order valence-electron chi connectivity index (χ1n) is 6.72. The van der Waals surface area contributed by atoms with E-state index >= 15 is 0 Å². The zero-order valence-corrected chi connectivity index (χ0v) is 11.7. The molecule has 1 atom stereocenters. The van der Waals surface area contributed by atoms with Crippen LogP contribution in [0.15, 0.2) is 0 Å². The summed E-state index contributed by atoms with van der Waals surface area (Å²) in [5.41, 5.74) is 0. The number of carboxylic acid groups (broad SMARTS) is 1. The maximum Gasteiger partial charge on any atom is 0.320 e. The third kappa shape index (κ3) is 8.16. The lowest BCUT2D eigenvalue weighted by Gasteiger charge is -2.23. The first-order chi connectivity index (χ1) is 8.01. The third-order valence-corrected chi connectivity index (χ3v) is 2.84. The van der Waals surface area contributed by atoms with Crippen LogP contribution < -0.4 is 5.32 Å². The summed E-state index contributed by atoms with van der Waals surface area (Å²) in [6.45, 7) is 11.2. The van der Waals surface area contributed by atoms with Crippen molar-refractivity contribution in [3.05, 3.63) is 0 Å². The van der Waals surface area contributed by atoms with E-state index in [2.05, 4.69) is 24.1 Å². The summed E-state index contributed by atoms with van der Waals surface area (Å²) in [6, 6.07) is -0.215. The number of nitrogens with zero attached hydrogens (tertiary/aromatic N) is 1. The minimum Gasteiger partial charge on any atom is -0.480 e. The minimum atomic E-state index is -0.745. The van der Waals surface area contributed by atoms with E-state index in [1.165, 1.54) is 12.8 Å². The molecule has 4 nitrogen and oxygen atoms in total. The molecular formula is C13H28N2O2. The zero-order valence-electron chi connectivity index (χ0n) is 11.7. The quantitative estimate of drug-likeness (QED) is 0.617. The molecule has 0 aliphatic carbocycles. The summed E-state index contributed by atoms with van der Waals surface area (Å²) >= 11 is 0. The number of hydrogen-bond donors (Lipinski definition) is 2. The molecule has 0 aliphatic heterocycles. The zero-order chi connectivity index (χ0) is 13.3. The molecule has 0 radical (unpaired) electrons. The van der Waals surface area contributed by atoms with Crippen LogP contribution in [-0.4, -0.2) is 47.7 Å². The van der Waals surface area contributed by atoms with Crippen molar-refractivity contribution in [2.75, 3.05) is 19.6 Å². The van der Waals surface area contributed by atoms with E-state index in [0.717, 1.165) is 19.6 Å². The Morgan fingerprint density at radius 2 is 1.94 bits per heavy atom. The van der Waals surface area contributed by atoms with Crippen LogP contribution >= 0.6 is 0 Å². The Hall–Kier alpha value is -0.610. The first-order valence-corrected chi connectivity index (χ1v) is 6.72. The molecular weight excluding hydrogens is 216 g/mol. The summed E-state index contributed by atoms with van der Waals surface area (Å²) in [5.74, 6) is -0.745. The van der Waals surface area contributed by atoms with Gasteiger partial charge in [-0.2, -0.15) is 0 Å². The molecule has 0 spiro atoms. The van der Waals surface area contributed by atoms with Gasteiger partial charge in [-0.15, -0.1) is 0 Å². The molecule has 4 heteroatoms. The van der Waals surface area contributed by atoms with Crippen molar-refractivity contribution in [2.45, 2.75) is 59.0 Å². The number of carboxylic acids is 1. The number of nitrogens with one attached hydrogen (secondary N) is 1.